The van der Waals surface area contributed by atoms with Crippen molar-refractivity contribution in [3.8, 4) is 0 Å². The number of aryl methyl sites for hydroxylation is 1. The van der Waals surface area contributed by atoms with Gasteiger partial charge in [0.2, 0.25) is 0 Å². The lowest BCUT2D eigenvalue weighted by Gasteiger charge is -2.10. The quantitative estimate of drug-likeness (QED) is 0.637. The lowest BCUT2D eigenvalue weighted by atomic mass is 10.2. The number of hydrogen-bond acceptors (Lipinski definition) is 3. The first-order valence-corrected chi connectivity index (χ1v) is 7.38. The molecule has 0 saturated heterocycles. The summed E-state index contributed by atoms with van der Waals surface area (Å²) in [5.74, 6) is -0.0898. The largest absolute Gasteiger partial charge is 0.361 e. The van der Waals surface area contributed by atoms with Gasteiger partial charge in [-0.25, -0.2) is 0 Å². The highest BCUT2D eigenvalue weighted by Crippen LogP contribution is 2.12. The summed E-state index contributed by atoms with van der Waals surface area (Å²) in [7, 11) is 0. The number of hydrogen-bond donors (Lipinski definition) is 2. The standard InChI is InChI=1S/C18H18N2OS/c1-13-8-10-16(11-9-13)20-18(22)17(14(2)21)12-19-15-6-4-3-5-7-15/h3-12,19H,1-2H3,(H,20,22). The Bertz CT molecular complexity index is 691. The summed E-state index contributed by atoms with van der Waals surface area (Å²) < 4.78 is 0. The van der Waals surface area contributed by atoms with Crippen LogP contribution in [0.4, 0.5) is 11.4 Å². The van der Waals surface area contributed by atoms with Crippen molar-refractivity contribution in [1.82, 2.24) is 0 Å². The first kappa shape index (κ1) is 15.9. The molecule has 4 heteroatoms. The molecular formula is C18H18N2OS. The number of carbonyl (C=O) groups excluding carboxylic acids is 1. The molecule has 3 nitrogen and oxygen atoms in total. The number of benzene rings is 2. The fraction of sp³-hybridized carbons (Fsp3) is 0.111. The third kappa shape index (κ3) is 4.53. The normalized spacial score (nSPS) is 10.9. The van der Waals surface area contributed by atoms with E-state index in [1.165, 1.54) is 12.5 Å². The van der Waals surface area contributed by atoms with E-state index in [1.54, 1.807) is 6.20 Å². The molecule has 2 aromatic carbocycles. The van der Waals surface area contributed by atoms with Gasteiger partial charge in [-0.3, -0.25) is 4.79 Å². The number of anilines is 2. The number of Topliss-reactive ketones (excluding diaryl/α,β-unsaturated/α-hetero) is 1. The maximum atomic E-state index is 11.8. The summed E-state index contributed by atoms with van der Waals surface area (Å²) in [5.41, 5.74) is 3.38. The zero-order chi connectivity index (χ0) is 15.9. The van der Waals surface area contributed by atoms with Crippen LogP contribution in [0.5, 0.6) is 0 Å². The van der Waals surface area contributed by atoms with Crippen molar-refractivity contribution in [2.75, 3.05) is 10.6 Å². The fourth-order valence-corrected chi connectivity index (χ4v) is 2.17. The van der Waals surface area contributed by atoms with E-state index in [1.807, 2.05) is 61.5 Å². The van der Waals surface area contributed by atoms with Crippen molar-refractivity contribution in [2.45, 2.75) is 13.8 Å². The predicted molar refractivity (Wildman–Crippen MR) is 96.2 cm³/mol. The van der Waals surface area contributed by atoms with Gasteiger partial charge in [-0.15, -0.1) is 0 Å². The second-order valence-electron chi connectivity index (χ2n) is 4.94. The van der Waals surface area contributed by atoms with Crippen LogP contribution < -0.4 is 10.6 Å². The molecule has 0 spiro atoms. The van der Waals surface area contributed by atoms with Crippen molar-refractivity contribution in [2.24, 2.45) is 0 Å². The van der Waals surface area contributed by atoms with Crippen LogP contribution in [0, 0.1) is 6.92 Å². The molecule has 0 aliphatic carbocycles. The Morgan fingerprint density at radius 3 is 2.23 bits per heavy atom. The number of carbonyl (C=O) groups is 1. The molecule has 0 fully saturated rings. The molecule has 0 bridgehead atoms. The first-order chi connectivity index (χ1) is 10.6. The topological polar surface area (TPSA) is 41.1 Å². The number of rotatable bonds is 5. The van der Waals surface area contributed by atoms with E-state index < -0.39 is 0 Å². The Balaban J connectivity index is 2.11. The molecule has 0 aliphatic rings. The Morgan fingerprint density at radius 2 is 1.64 bits per heavy atom. The van der Waals surface area contributed by atoms with E-state index >= 15 is 0 Å². The van der Waals surface area contributed by atoms with E-state index in [4.69, 9.17) is 12.2 Å². The summed E-state index contributed by atoms with van der Waals surface area (Å²) >= 11 is 5.34. The highest BCUT2D eigenvalue weighted by atomic mass is 32.1. The van der Waals surface area contributed by atoms with Crippen LogP contribution >= 0.6 is 12.2 Å². The lowest BCUT2D eigenvalue weighted by Crippen LogP contribution is -2.18. The molecule has 0 radical (unpaired) electrons. The van der Waals surface area contributed by atoms with Crippen LogP contribution in [-0.2, 0) is 4.79 Å². The molecule has 2 N–H and O–H groups in total. The molecule has 0 amide bonds. The molecule has 22 heavy (non-hydrogen) atoms. The molecule has 0 saturated carbocycles. The summed E-state index contributed by atoms with van der Waals surface area (Å²) in [6.45, 7) is 3.52. The fourth-order valence-electron chi connectivity index (χ4n) is 1.85. The number of ketones is 1. The first-order valence-electron chi connectivity index (χ1n) is 6.97. The van der Waals surface area contributed by atoms with Crippen LogP contribution in [-0.4, -0.2) is 10.8 Å². The smallest absolute Gasteiger partial charge is 0.164 e. The molecule has 112 valence electrons. The Labute approximate surface area is 136 Å². The SMILES string of the molecule is CC(=O)C(=CNc1ccccc1)C(=S)Nc1ccc(C)cc1. The van der Waals surface area contributed by atoms with Gasteiger partial charge in [0.05, 0.1) is 5.57 Å². The molecule has 0 heterocycles. The molecule has 0 aromatic heterocycles. The Kier molecular flexibility index (Phi) is 5.44. The zero-order valence-corrected chi connectivity index (χ0v) is 13.4. The predicted octanol–water partition coefficient (Wildman–Crippen LogP) is 4.32. The van der Waals surface area contributed by atoms with Gasteiger partial charge in [-0.05, 0) is 38.1 Å². The average molecular weight is 310 g/mol. The zero-order valence-electron chi connectivity index (χ0n) is 12.6. The van der Waals surface area contributed by atoms with Crippen LogP contribution in [0.25, 0.3) is 0 Å². The van der Waals surface area contributed by atoms with Gasteiger partial charge in [0.1, 0.15) is 4.99 Å². The maximum absolute atomic E-state index is 11.8. The van der Waals surface area contributed by atoms with Crippen molar-refractivity contribution in [3.05, 3.63) is 71.9 Å². The van der Waals surface area contributed by atoms with Gasteiger partial charge in [-0.2, -0.15) is 0 Å². The van der Waals surface area contributed by atoms with Crippen molar-refractivity contribution < 1.29 is 4.79 Å². The van der Waals surface area contributed by atoms with Gasteiger partial charge >= 0.3 is 0 Å². The summed E-state index contributed by atoms with van der Waals surface area (Å²) in [4.78, 5) is 12.2. The van der Waals surface area contributed by atoms with Crippen LogP contribution in [0.3, 0.4) is 0 Å². The van der Waals surface area contributed by atoms with E-state index in [0.717, 1.165) is 11.4 Å². The average Bonchev–Trinajstić information content (AvgIpc) is 2.50. The number of thiocarbonyl (C=S) groups is 1. The number of nitrogens with one attached hydrogen (secondary N) is 2. The van der Waals surface area contributed by atoms with Gasteiger partial charge in [0.25, 0.3) is 0 Å². The van der Waals surface area contributed by atoms with Crippen molar-refractivity contribution in [3.63, 3.8) is 0 Å². The van der Waals surface area contributed by atoms with Crippen LogP contribution in [0.1, 0.15) is 12.5 Å². The van der Waals surface area contributed by atoms with Crippen molar-refractivity contribution in [1.29, 1.82) is 0 Å². The third-order valence-electron chi connectivity index (χ3n) is 3.09. The van der Waals surface area contributed by atoms with Gasteiger partial charge in [0.15, 0.2) is 5.78 Å². The van der Waals surface area contributed by atoms with E-state index in [-0.39, 0.29) is 5.78 Å². The molecule has 2 aromatic rings. The summed E-state index contributed by atoms with van der Waals surface area (Å²) in [6, 6.07) is 17.5. The second kappa shape index (κ2) is 7.52. The molecule has 0 unspecified atom stereocenters. The molecule has 2 rings (SSSR count). The molecule has 0 atom stereocenters. The van der Waals surface area contributed by atoms with E-state index in [0.29, 0.717) is 10.6 Å². The van der Waals surface area contributed by atoms with Crippen LogP contribution in [0.2, 0.25) is 0 Å². The number of para-hydroxylation sites is 1. The van der Waals surface area contributed by atoms with Gasteiger partial charge in [0, 0.05) is 17.6 Å². The van der Waals surface area contributed by atoms with Gasteiger partial charge < -0.3 is 10.6 Å². The minimum absolute atomic E-state index is 0.0898. The van der Waals surface area contributed by atoms with Gasteiger partial charge in [-0.1, -0.05) is 48.1 Å². The molecule has 0 aliphatic heterocycles. The van der Waals surface area contributed by atoms with Crippen LogP contribution in [0.15, 0.2) is 66.4 Å². The van der Waals surface area contributed by atoms with Crippen molar-refractivity contribution >= 4 is 34.4 Å². The third-order valence-corrected chi connectivity index (χ3v) is 3.41. The highest BCUT2D eigenvalue weighted by Gasteiger charge is 2.10. The highest BCUT2D eigenvalue weighted by molar-refractivity contribution is 7.81. The lowest BCUT2D eigenvalue weighted by molar-refractivity contribution is -0.113. The summed E-state index contributed by atoms with van der Waals surface area (Å²) in [6.07, 6.45) is 1.64. The minimum atomic E-state index is -0.0898. The van der Waals surface area contributed by atoms with E-state index in [2.05, 4.69) is 10.6 Å². The minimum Gasteiger partial charge on any atom is -0.361 e. The van der Waals surface area contributed by atoms with E-state index in [9.17, 15) is 4.79 Å². The molecular weight excluding hydrogens is 292 g/mol. The monoisotopic (exact) mass is 310 g/mol. The Hall–Kier alpha value is -2.46. The maximum Gasteiger partial charge on any atom is 0.164 e. The Morgan fingerprint density at radius 1 is 1.00 bits per heavy atom. The second-order valence-corrected chi connectivity index (χ2v) is 5.35. The summed E-state index contributed by atoms with van der Waals surface area (Å²) in [5, 5.41) is 6.18.